The van der Waals surface area contributed by atoms with Gasteiger partial charge in [-0.1, -0.05) is 42.5 Å². The number of pyridine rings is 1. The Hall–Kier alpha value is -3.09. The lowest BCUT2D eigenvalue weighted by molar-refractivity contribution is -0.122. The van der Waals surface area contributed by atoms with Crippen LogP contribution in [0.4, 0.5) is 0 Å². The minimum atomic E-state index is -0.336. The molecular weight excluding hydrogens is 326 g/mol. The molecule has 0 bridgehead atoms. The monoisotopic (exact) mass is 345 g/mol. The molecule has 3 N–H and O–H groups in total. The Morgan fingerprint density at radius 2 is 2.00 bits per heavy atom. The maximum atomic E-state index is 12.3. The number of aromatic nitrogens is 1. The van der Waals surface area contributed by atoms with Crippen LogP contribution in [0.3, 0.4) is 0 Å². The second-order valence-corrected chi connectivity index (χ2v) is 6.26. The Labute approximate surface area is 151 Å². The highest BCUT2D eigenvalue weighted by Crippen LogP contribution is 2.25. The first-order chi connectivity index (χ1) is 12.8. The summed E-state index contributed by atoms with van der Waals surface area (Å²) in [4.78, 5) is 16.3. The minimum absolute atomic E-state index is 0.0812. The Morgan fingerprint density at radius 3 is 2.85 bits per heavy atom. The van der Waals surface area contributed by atoms with Crippen LogP contribution < -0.4 is 16.3 Å². The normalized spacial score (nSPS) is 19.8. The summed E-state index contributed by atoms with van der Waals surface area (Å²) in [5.41, 5.74) is 10.8. The number of rotatable bonds is 4. The van der Waals surface area contributed by atoms with Crippen LogP contribution in [0.2, 0.25) is 0 Å². The van der Waals surface area contributed by atoms with Crippen molar-refractivity contribution in [3.8, 4) is 0 Å². The van der Waals surface area contributed by atoms with Crippen LogP contribution in [0.5, 0.6) is 0 Å². The van der Waals surface area contributed by atoms with E-state index >= 15 is 0 Å². The third kappa shape index (κ3) is 3.61. The lowest BCUT2D eigenvalue weighted by Gasteiger charge is -2.10. The first-order valence-corrected chi connectivity index (χ1v) is 8.52. The molecule has 2 unspecified atom stereocenters. The first-order valence-electron chi connectivity index (χ1n) is 8.52. The van der Waals surface area contributed by atoms with Gasteiger partial charge < -0.3 is 0 Å². The highest BCUT2D eigenvalue weighted by molar-refractivity contribution is 5.85. The van der Waals surface area contributed by atoms with E-state index in [0.717, 1.165) is 11.1 Å². The van der Waals surface area contributed by atoms with Crippen LogP contribution in [0.25, 0.3) is 10.8 Å². The van der Waals surface area contributed by atoms with Crippen LogP contribution in [-0.4, -0.2) is 23.1 Å². The fraction of sp³-hybridized carbons (Fsp3) is 0.150. The number of hydrogen-bond donors (Lipinski definition) is 3. The lowest BCUT2D eigenvalue weighted by Crippen LogP contribution is -2.41. The molecule has 4 rings (SSSR count). The molecule has 0 saturated carbocycles. The van der Waals surface area contributed by atoms with Crippen molar-refractivity contribution in [3.05, 3.63) is 78.1 Å². The van der Waals surface area contributed by atoms with Crippen LogP contribution in [-0.2, 0) is 4.79 Å². The second-order valence-electron chi connectivity index (χ2n) is 6.26. The fourth-order valence-electron chi connectivity index (χ4n) is 3.07. The highest BCUT2D eigenvalue weighted by atomic mass is 16.2. The molecule has 1 aromatic heterocycles. The molecular formula is C20H19N5O. The zero-order valence-electron chi connectivity index (χ0n) is 14.1. The highest BCUT2D eigenvalue weighted by Gasteiger charge is 2.30. The Morgan fingerprint density at radius 1 is 1.12 bits per heavy atom. The maximum absolute atomic E-state index is 12.3. The van der Waals surface area contributed by atoms with Crippen molar-refractivity contribution in [2.45, 2.75) is 18.5 Å². The summed E-state index contributed by atoms with van der Waals surface area (Å²) in [6.45, 7) is 0. The molecule has 1 amide bonds. The van der Waals surface area contributed by atoms with E-state index < -0.39 is 0 Å². The van der Waals surface area contributed by atoms with Crippen molar-refractivity contribution < 1.29 is 4.79 Å². The number of nitrogens with one attached hydrogen (secondary N) is 3. The van der Waals surface area contributed by atoms with Gasteiger partial charge in [0.25, 0.3) is 5.91 Å². The van der Waals surface area contributed by atoms with E-state index in [1.807, 2.05) is 24.3 Å². The quantitative estimate of drug-likeness (QED) is 0.501. The molecule has 6 heteroatoms. The molecule has 3 aromatic rings. The van der Waals surface area contributed by atoms with E-state index in [0.29, 0.717) is 6.42 Å². The van der Waals surface area contributed by atoms with Crippen molar-refractivity contribution >= 4 is 22.9 Å². The van der Waals surface area contributed by atoms with Gasteiger partial charge in [0.1, 0.15) is 6.04 Å². The Balaban J connectivity index is 1.38. The summed E-state index contributed by atoms with van der Waals surface area (Å²) in [6, 6.07) is 18.1. The number of hydrazone groups is 1. The third-order valence-corrected chi connectivity index (χ3v) is 4.47. The molecule has 2 aromatic carbocycles. The SMILES string of the molecule is O=C(N/N=C/c1cccnc1)C1CC(c2ccc3ccccc3c2)NN1. The zero-order chi connectivity index (χ0) is 17.8. The maximum Gasteiger partial charge on any atom is 0.258 e. The number of hydrogen-bond acceptors (Lipinski definition) is 5. The average Bonchev–Trinajstić information content (AvgIpc) is 3.19. The van der Waals surface area contributed by atoms with Gasteiger partial charge in [0.2, 0.25) is 0 Å². The second kappa shape index (κ2) is 7.43. The summed E-state index contributed by atoms with van der Waals surface area (Å²) in [6.07, 6.45) is 5.61. The van der Waals surface area contributed by atoms with Crippen molar-refractivity contribution in [2.75, 3.05) is 0 Å². The molecule has 130 valence electrons. The molecule has 2 heterocycles. The summed E-state index contributed by atoms with van der Waals surface area (Å²) < 4.78 is 0. The molecule has 1 aliphatic heterocycles. The van der Waals surface area contributed by atoms with E-state index in [2.05, 4.69) is 56.7 Å². The molecule has 0 radical (unpaired) electrons. The van der Waals surface area contributed by atoms with Crippen molar-refractivity contribution in [2.24, 2.45) is 5.10 Å². The predicted molar refractivity (Wildman–Crippen MR) is 101 cm³/mol. The van der Waals surface area contributed by atoms with Gasteiger partial charge in [-0.25, -0.2) is 16.3 Å². The topological polar surface area (TPSA) is 78.4 Å². The number of benzene rings is 2. The molecule has 2 atom stereocenters. The molecule has 6 nitrogen and oxygen atoms in total. The number of fused-ring (bicyclic) bond motifs is 1. The van der Waals surface area contributed by atoms with Crippen molar-refractivity contribution in [1.29, 1.82) is 0 Å². The van der Waals surface area contributed by atoms with E-state index in [-0.39, 0.29) is 18.0 Å². The van der Waals surface area contributed by atoms with Gasteiger partial charge in [-0.3, -0.25) is 9.78 Å². The standard InChI is InChI=1S/C20H19N5O/c26-20(25-22-13-14-4-3-9-21-12-14)19-11-18(23-24-19)17-8-7-15-5-1-2-6-16(15)10-17/h1-10,12-13,18-19,23-24H,11H2,(H,25,26)/b22-13+. The third-order valence-electron chi connectivity index (χ3n) is 4.47. The van der Waals surface area contributed by atoms with Crippen molar-refractivity contribution in [1.82, 2.24) is 21.3 Å². The van der Waals surface area contributed by atoms with Crippen molar-refractivity contribution in [3.63, 3.8) is 0 Å². The number of carbonyl (C=O) groups is 1. The summed E-state index contributed by atoms with van der Waals surface area (Å²) in [7, 11) is 0. The molecule has 0 aliphatic carbocycles. The lowest BCUT2D eigenvalue weighted by atomic mass is 9.99. The first kappa shape index (κ1) is 16.4. The largest absolute Gasteiger partial charge is 0.271 e. The predicted octanol–water partition coefficient (Wildman–Crippen LogP) is 2.29. The van der Waals surface area contributed by atoms with Crippen LogP contribution in [0.15, 0.2) is 72.1 Å². The molecule has 1 fully saturated rings. The smallest absolute Gasteiger partial charge is 0.258 e. The number of nitrogens with zero attached hydrogens (tertiary/aromatic N) is 2. The minimum Gasteiger partial charge on any atom is -0.271 e. The number of carbonyl (C=O) groups excluding carboxylic acids is 1. The summed E-state index contributed by atoms with van der Waals surface area (Å²) in [5.74, 6) is -0.166. The van der Waals surface area contributed by atoms with Gasteiger partial charge in [-0.2, -0.15) is 5.10 Å². The summed E-state index contributed by atoms with van der Waals surface area (Å²) >= 11 is 0. The van der Waals surface area contributed by atoms with Gasteiger partial charge in [-0.05, 0) is 34.9 Å². The van der Waals surface area contributed by atoms with Gasteiger partial charge >= 0.3 is 0 Å². The Bertz CT molecular complexity index is 941. The molecule has 1 aliphatic rings. The van der Waals surface area contributed by atoms with Gasteiger partial charge in [0, 0.05) is 24.0 Å². The van der Waals surface area contributed by atoms with E-state index in [4.69, 9.17) is 0 Å². The van der Waals surface area contributed by atoms with Gasteiger partial charge in [0.05, 0.1) is 6.21 Å². The van der Waals surface area contributed by atoms with Gasteiger partial charge in [-0.15, -0.1) is 0 Å². The molecule has 1 saturated heterocycles. The van der Waals surface area contributed by atoms with E-state index in [1.54, 1.807) is 18.6 Å². The fourth-order valence-corrected chi connectivity index (χ4v) is 3.07. The molecule has 26 heavy (non-hydrogen) atoms. The van der Waals surface area contributed by atoms with Crippen LogP contribution in [0.1, 0.15) is 23.6 Å². The zero-order valence-corrected chi connectivity index (χ0v) is 14.1. The number of amides is 1. The van der Waals surface area contributed by atoms with Gasteiger partial charge in [0.15, 0.2) is 0 Å². The number of hydrazine groups is 1. The summed E-state index contributed by atoms with van der Waals surface area (Å²) in [5, 5.41) is 6.40. The van der Waals surface area contributed by atoms with E-state index in [9.17, 15) is 4.79 Å². The average molecular weight is 345 g/mol. The van der Waals surface area contributed by atoms with Crippen LogP contribution >= 0.6 is 0 Å². The van der Waals surface area contributed by atoms with E-state index in [1.165, 1.54) is 10.8 Å². The molecule has 0 spiro atoms. The Kier molecular flexibility index (Phi) is 4.68. The van der Waals surface area contributed by atoms with Crippen LogP contribution in [0, 0.1) is 0 Å².